The van der Waals surface area contributed by atoms with E-state index in [1.165, 1.54) is 10.5 Å². The van der Waals surface area contributed by atoms with Crippen molar-refractivity contribution in [1.29, 1.82) is 0 Å². The molecule has 0 aliphatic carbocycles. The Labute approximate surface area is 143 Å². The molecule has 1 heterocycles. The van der Waals surface area contributed by atoms with Crippen LogP contribution in [0.5, 0.6) is 0 Å². The van der Waals surface area contributed by atoms with Gasteiger partial charge in [-0.15, -0.1) is 0 Å². The van der Waals surface area contributed by atoms with Crippen molar-refractivity contribution >= 4 is 23.3 Å². The summed E-state index contributed by atoms with van der Waals surface area (Å²) in [5.74, 6) is 1.79. The number of nitrogens with zero attached hydrogens (tertiary/aromatic N) is 2. The number of thioether (sulfide) groups is 1. The van der Waals surface area contributed by atoms with Crippen molar-refractivity contribution in [2.75, 3.05) is 5.32 Å². The maximum absolute atomic E-state index is 4.64. The van der Waals surface area contributed by atoms with E-state index < -0.39 is 0 Å². The topological polar surface area (TPSA) is 37.8 Å². The zero-order valence-corrected chi connectivity index (χ0v) is 15.2. The summed E-state index contributed by atoms with van der Waals surface area (Å²) in [4.78, 5) is 10.3. The zero-order valence-electron chi connectivity index (χ0n) is 14.4. The largest absolute Gasteiger partial charge is 0.340 e. The molecular formula is C19H25N3S. The first-order valence-electron chi connectivity index (χ1n) is 8.15. The summed E-state index contributed by atoms with van der Waals surface area (Å²) in [7, 11) is 0. The van der Waals surface area contributed by atoms with Crippen LogP contribution in [-0.2, 0) is 6.42 Å². The molecule has 0 saturated carbocycles. The SMILES string of the molecule is CC/C=C\Sc1cc(Nc2nc(CCC)ncc2C)ccc1C. The van der Waals surface area contributed by atoms with E-state index in [1.54, 1.807) is 11.8 Å². The predicted molar refractivity (Wildman–Crippen MR) is 101 cm³/mol. The molecule has 23 heavy (non-hydrogen) atoms. The molecule has 0 fully saturated rings. The van der Waals surface area contributed by atoms with Gasteiger partial charge in [-0.25, -0.2) is 9.97 Å². The number of hydrogen-bond donors (Lipinski definition) is 1. The van der Waals surface area contributed by atoms with E-state index in [2.05, 4.69) is 65.7 Å². The third kappa shape index (κ3) is 5.10. The second kappa shape index (κ2) is 8.73. The fraction of sp³-hybridized carbons (Fsp3) is 0.368. The quantitative estimate of drug-likeness (QED) is 0.652. The van der Waals surface area contributed by atoms with Crippen molar-refractivity contribution in [3.8, 4) is 0 Å². The van der Waals surface area contributed by atoms with Gasteiger partial charge in [0.05, 0.1) is 0 Å². The Balaban J connectivity index is 2.21. The van der Waals surface area contributed by atoms with Crippen molar-refractivity contribution in [2.45, 2.75) is 51.9 Å². The maximum atomic E-state index is 4.64. The fourth-order valence-electron chi connectivity index (χ4n) is 2.11. The van der Waals surface area contributed by atoms with Gasteiger partial charge >= 0.3 is 0 Å². The molecule has 2 rings (SSSR count). The Morgan fingerprint density at radius 3 is 2.74 bits per heavy atom. The molecule has 4 heteroatoms. The average molecular weight is 327 g/mol. The molecule has 0 saturated heterocycles. The minimum Gasteiger partial charge on any atom is -0.340 e. The predicted octanol–water partition coefficient (Wildman–Crippen LogP) is 5.81. The van der Waals surface area contributed by atoms with Crippen LogP contribution in [0.15, 0.2) is 40.8 Å². The number of benzene rings is 1. The van der Waals surface area contributed by atoms with E-state index in [9.17, 15) is 0 Å². The number of nitrogens with one attached hydrogen (secondary N) is 1. The van der Waals surface area contributed by atoms with Crippen LogP contribution in [0.3, 0.4) is 0 Å². The van der Waals surface area contributed by atoms with Crippen LogP contribution in [0.4, 0.5) is 11.5 Å². The highest BCUT2D eigenvalue weighted by Gasteiger charge is 2.06. The van der Waals surface area contributed by atoms with Gasteiger partial charge in [-0.3, -0.25) is 0 Å². The normalized spacial score (nSPS) is 11.1. The number of anilines is 2. The first-order valence-corrected chi connectivity index (χ1v) is 9.03. The van der Waals surface area contributed by atoms with E-state index in [4.69, 9.17) is 0 Å². The highest BCUT2D eigenvalue weighted by atomic mass is 32.2. The lowest BCUT2D eigenvalue weighted by Crippen LogP contribution is -2.02. The summed E-state index contributed by atoms with van der Waals surface area (Å²) in [5, 5.41) is 5.59. The smallest absolute Gasteiger partial charge is 0.137 e. The minimum atomic E-state index is 0.896. The molecule has 0 atom stereocenters. The Morgan fingerprint density at radius 2 is 2.00 bits per heavy atom. The molecule has 0 bridgehead atoms. The summed E-state index contributed by atoms with van der Waals surface area (Å²) in [6.45, 7) is 8.46. The number of rotatable bonds is 7. The second-order valence-corrected chi connectivity index (χ2v) is 6.52. The number of aryl methyl sites for hydroxylation is 3. The molecule has 0 spiro atoms. The second-order valence-electron chi connectivity index (χ2n) is 5.57. The first kappa shape index (κ1) is 17.5. The third-order valence-corrected chi connectivity index (χ3v) is 4.50. The average Bonchev–Trinajstić information content (AvgIpc) is 2.54. The van der Waals surface area contributed by atoms with Crippen molar-refractivity contribution in [2.24, 2.45) is 0 Å². The summed E-state index contributed by atoms with van der Waals surface area (Å²) in [5.41, 5.74) is 3.41. The molecular weight excluding hydrogens is 302 g/mol. The van der Waals surface area contributed by atoms with Gasteiger partial charge in [-0.05, 0) is 49.8 Å². The zero-order chi connectivity index (χ0) is 16.7. The fourth-order valence-corrected chi connectivity index (χ4v) is 2.99. The Hall–Kier alpha value is -1.81. The standard InChI is InChI=1S/C19H25N3S/c1-5-7-11-23-17-12-16(10-9-14(17)3)21-19-15(4)13-20-18(22-19)8-6-2/h7,9-13H,5-6,8H2,1-4H3,(H,20,21,22)/b11-7-. The Morgan fingerprint density at radius 1 is 1.17 bits per heavy atom. The van der Waals surface area contributed by atoms with E-state index in [-0.39, 0.29) is 0 Å². The Kier molecular flexibility index (Phi) is 6.66. The van der Waals surface area contributed by atoms with Gasteiger partial charge in [-0.2, -0.15) is 0 Å². The van der Waals surface area contributed by atoms with Crippen LogP contribution in [0, 0.1) is 13.8 Å². The summed E-state index contributed by atoms with van der Waals surface area (Å²) < 4.78 is 0. The number of aromatic nitrogens is 2. The third-order valence-electron chi connectivity index (χ3n) is 3.47. The van der Waals surface area contributed by atoms with Crippen LogP contribution < -0.4 is 5.32 Å². The molecule has 1 N–H and O–H groups in total. The van der Waals surface area contributed by atoms with Gasteiger partial charge in [0, 0.05) is 28.8 Å². The van der Waals surface area contributed by atoms with Crippen molar-refractivity contribution in [1.82, 2.24) is 9.97 Å². The Bertz CT molecular complexity index is 680. The van der Waals surface area contributed by atoms with E-state index in [0.29, 0.717) is 0 Å². The monoisotopic (exact) mass is 327 g/mol. The maximum Gasteiger partial charge on any atom is 0.137 e. The number of allylic oxidation sites excluding steroid dienone is 1. The molecule has 0 aliphatic rings. The minimum absolute atomic E-state index is 0.896. The molecule has 0 amide bonds. The van der Waals surface area contributed by atoms with Gasteiger partial charge in [0.25, 0.3) is 0 Å². The lowest BCUT2D eigenvalue weighted by molar-refractivity contribution is 0.833. The number of hydrogen-bond acceptors (Lipinski definition) is 4. The molecule has 1 aromatic carbocycles. The molecule has 1 aromatic heterocycles. The van der Waals surface area contributed by atoms with Crippen molar-refractivity contribution < 1.29 is 0 Å². The summed E-state index contributed by atoms with van der Waals surface area (Å²) in [6, 6.07) is 6.43. The van der Waals surface area contributed by atoms with Gasteiger partial charge < -0.3 is 5.32 Å². The first-order chi connectivity index (χ1) is 11.1. The van der Waals surface area contributed by atoms with E-state index in [1.807, 2.05) is 13.1 Å². The molecule has 0 radical (unpaired) electrons. The highest BCUT2D eigenvalue weighted by molar-refractivity contribution is 8.02. The van der Waals surface area contributed by atoms with Gasteiger partial charge in [0.15, 0.2) is 0 Å². The van der Waals surface area contributed by atoms with Crippen molar-refractivity contribution in [3.63, 3.8) is 0 Å². The van der Waals surface area contributed by atoms with Crippen LogP contribution in [0.25, 0.3) is 0 Å². The summed E-state index contributed by atoms with van der Waals surface area (Å²) in [6.07, 6.45) is 7.09. The van der Waals surface area contributed by atoms with Crippen LogP contribution in [0.1, 0.15) is 43.6 Å². The molecule has 0 aliphatic heterocycles. The van der Waals surface area contributed by atoms with Gasteiger partial charge in [-0.1, -0.05) is 37.8 Å². The van der Waals surface area contributed by atoms with Crippen LogP contribution in [-0.4, -0.2) is 9.97 Å². The molecule has 3 nitrogen and oxygen atoms in total. The van der Waals surface area contributed by atoms with Crippen molar-refractivity contribution in [3.05, 3.63) is 52.8 Å². The highest BCUT2D eigenvalue weighted by Crippen LogP contribution is 2.28. The molecule has 2 aromatic rings. The van der Waals surface area contributed by atoms with Gasteiger partial charge in [0.2, 0.25) is 0 Å². The van der Waals surface area contributed by atoms with E-state index in [0.717, 1.165) is 42.2 Å². The van der Waals surface area contributed by atoms with E-state index >= 15 is 0 Å². The summed E-state index contributed by atoms with van der Waals surface area (Å²) >= 11 is 1.76. The molecule has 122 valence electrons. The molecule has 0 unspecified atom stereocenters. The lowest BCUT2D eigenvalue weighted by atomic mass is 10.2. The van der Waals surface area contributed by atoms with Gasteiger partial charge in [0.1, 0.15) is 11.6 Å². The van der Waals surface area contributed by atoms with Crippen LogP contribution >= 0.6 is 11.8 Å². The lowest BCUT2D eigenvalue weighted by Gasteiger charge is -2.12. The van der Waals surface area contributed by atoms with Crippen LogP contribution in [0.2, 0.25) is 0 Å².